The van der Waals surface area contributed by atoms with Gasteiger partial charge in [-0.15, -0.1) is 13.2 Å². The fourth-order valence-electron chi connectivity index (χ4n) is 1.87. The molecule has 1 aromatic carbocycles. The molecule has 4 nitrogen and oxygen atoms in total. The molecule has 120 valence electrons. The number of pyridine rings is 1. The van der Waals surface area contributed by atoms with Crippen LogP contribution in [0.2, 0.25) is 5.02 Å². The Labute approximate surface area is 135 Å². The number of alkyl halides is 3. The molecule has 8 heteroatoms. The van der Waals surface area contributed by atoms with Crippen LogP contribution < -0.4 is 9.64 Å². The Kier molecular flexibility index (Phi) is 4.96. The molecule has 0 N–H and O–H groups in total. The summed E-state index contributed by atoms with van der Waals surface area (Å²) in [7, 11) is 1.75. The van der Waals surface area contributed by atoms with Crippen molar-refractivity contribution in [3.8, 4) is 11.8 Å². The summed E-state index contributed by atoms with van der Waals surface area (Å²) in [6.45, 7) is 0.395. The summed E-state index contributed by atoms with van der Waals surface area (Å²) in [6, 6.07) is 10.7. The van der Waals surface area contributed by atoms with E-state index in [2.05, 4.69) is 9.72 Å². The van der Waals surface area contributed by atoms with Crippen molar-refractivity contribution in [2.45, 2.75) is 12.9 Å². The topological polar surface area (TPSA) is 49.1 Å². The number of ether oxygens (including phenoxy) is 1. The number of nitrogens with zero attached hydrogens (tertiary/aromatic N) is 3. The molecule has 0 aliphatic heterocycles. The molecule has 0 radical (unpaired) electrons. The second kappa shape index (κ2) is 6.75. The van der Waals surface area contributed by atoms with Gasteiger partial charge in [0.15, 0.2) is 5.69 Å². The molecule has 0 saturated carbocycles. The van der Waals surface area contributed by atoms with E-state index in [0.29, 0.717) is 12.4 Å². The van der Waals surface area contributed by atoms with Gasteiger partial charge in [0.25, 0.3) is 0 Å². The molecule has 0 atom stereocenters. The summed E-state index contributed by atoms with van der Waals surface area (Å²) in [4.78, 5) is 5.86. The number of aromatic nitrogens is 1. The Morgan fingerprint density at radius 3 is 2.43 bits per heavy atom. The van der Waals surface area contributed by atoms with E-state index in [1.165, 1.54) is 24.3 Å². The number of hydrogen-bond acceptors (Lipinski definition) is 4. The molecule has 1 heterocycles. The Morgan fingerprint density at radius 2 is 1.87 bits per heavy atom. The maximum Gasteiger partial charge on any atom is 0.573 e. The first-order valence-corrected chi connectivity index (χ1v) is 6.79. The summed E-state index contributed by atoms with van der Waals surface area (Å²) in [6.07, 6.45) is -4.71. The zero-order valence-electron chi connectivity index (χ0n) is 11.9. The number of benzene rings is 1. The maximum atomic E-state index is 12.1. The van der Waals surface area contributed by atoms with Crippen LogP contribution in [0.25, 0.3) is 0 Å². The van der Waals surface area contributed by atoms with Gasteiger partial charge < -0.3 is 9.64 Å². The van der Waals surface area contributed by atoms with E-state index in [1.54, 1.807) is 24.1 Å². The van der Waals surface area contributed by atoms with Crippen molar-refractivity contribution in [3.63, 3.8) is 0 Å². The lowest BCUT2D eigenvalue weighted by Gasteiger charge is -2.19. The highest BCUT2D eigenvalue weighted by Gasteiger charge is 2.30. The molecule has 2 rings (SSSR count). The van der Waals surface area contributed by atoms with E-state index in [9.17, 15) is 13.2 Å². The van der Waals surface area contributed by atoms with Crippen molar-refractivity contribution >= 4 is 17.4 Å². The van der Waals surface area contributed by atoms with Crippen LogP contribution in [0, 0.1) is 11.3 Å². The zero-order chi connectivity index (χ0) is 17.0. The van der Waals surface area contributed by atoms with Crippen molar-refractivity contribution in [1.29, 1.82) is 5.26 Å². The molecule has 0 bridgehead atoms. The summed E-state index contributed by atoms with van der Waals surface area (Å²) in [5.74, 6) is 0.252. The van der Waals surface area contributed by atoms with Gasteiger partial charge >= 0.3 is 6.36 Å². The minimum absolute atomic E-state index is 0.116. The van der Waals surface area contributed by atoms with Crippen molar-refractivity contribution < 1.29 is 17.9 Å². The molecule has 2 aromatic rings. The maximum absolute atomic E-state index is 12.1. The number of halogens is 4. The third-order valence-corrected chi connectivity index (χ3v) is 3.21. The molecule has 0 unspecified atom stereocenters. The second-order valence-electron chi connectivity index (χ2n) is 4.66. The largest absolute Gasteiger partial charge is 0.573 e. The highest BCUT2D eigenvalue weighted by Crippen LogP contribution is 2.24. The molecule has 0 aliphatic carbocycles. The minimum atomic E-state index is -4.71. The standard InChI is InChI=1S/C15H11ClF3N3O/c1-22(14-7-6-12(16)13(8-20)21-14)9-10-2-4-11(5-3-10)23-15(17,18)19/h2-7H,9H2,1H3. The lowest BCUT2D eigenvalue weighted by molar-refractivity contribution is -0.274. The smallest absolute Gasteiger partial charge is 0.406 e. The van der Waals surface area contributed by atoms with Crippen LogP contribution in [0.1, 0.15) is 11.3 Å². The number of hydrogen-bond donors (Lipinski definition) is 0. The fourth-order valence-corrected chi connectivity index (χ4v) is 2.02. The monoisotopic (exact) mass is 341 g/mol. The van der Waals surface area contributed by atoms with Crippen LogP contribution in [0.4, 0.5) is 19.0 Å². The number of anilines is 1. The zero-order valence-corrected chi connectivity index (χ0v) is 12.7. The van der Waals surface area contributed by atoms with Crippen molar-refractivity contribution in [2.75, 3.05) is 11.9 Å². The normalized spacial score (nSPS) is 11.0. The minimum Gasteiger partial charge on any atom is -0.406 e. The average molecular weight is 342 g/mol. The molecule has 0 saturated heterocycles. The van der Waals surface area contributed by atoms with Gasteiger partial charge in [-0.1, -0.05) is 23.7 Å². The summed E-state index contributed by atoms with van der Waals surface area (Å²) >= 11 is 5.82. The van der Waals surface area contributed by atoms with Crippen LogP contribution in [-0.4, -0.2) is 18.4 Å². The molecule has 1 aromatic heterocycles. The summed E-state index contributed by atoms with van der Waals surface area (Å²) < 4.78 is 40.1. The van der Waals surface area contributed by atoms with Crippen LogP contribution in [0.15, 0.2) is 36.4 Å². The van der Waals surface area contributed by atoms with Crippen LogP contribution in [-0.2, 0) is 6.54 Å². The van der Waals surface area contributed by atoms with E-state index in [1.807, 2.05) is 6.07 Å². The van der Waals surface area contributed by atoms with E-state index in [-0.39, 0.29) is 16.5 Å². The first-order chi connectivity index (χ1) is 10.8. The quantitative estimate of drug-likeness (QED) is 0.838. The fraction of sp³-hybridized carbons (Fsp3) is 0.200. The van der Waals surface area contributed by atoms with E-state index in [0.717, 1.165) is 5.56 Å². The third kappa shape index (κ3) is 4.76. The number of nitriles is 1. The summed E-state index contributed by atoms with van der Waals surface area (Å²) in [5.41, 5.74) is 0.877. The van der Waals surface area contributed by atoms with Gasteiger partial charge in [-0.2, -0.15) is 5.26 Å². The van der Waals surface area contributed by atoms with Crippen LogP contribution >= 0.6 is 11.6 Å². The van der Waals surface area contributed by atoms with Crippen LogP contribution in [0.3, 0.4) is 0 Å². The molecule has 23 heavy (non-hydrogen) atoms. The van der Waals surface area contributed by atoms with E-state index < -0.39 is 6.36 Å². The average Bonchev–Trinajstić information content (AvgIpc) is 2.48. The van der Waals surface area contributed by atoms with Crippen molar-refractivity contribution in [3.05, 3.63) is 52.7 Å². The molecular formula is C15H11ClF3N3O. The molecule has 0 amide bonds. The second-order valence-corrected chi connectivity index (χ2v) is 5.07. The molecule has 0 aliphatic rings. The first-order valence-electron chi connectivity index (χ1n) is 6.41. The third-order valence-electron chi connectivity index (χ3n) is 2.90. The van der Waals surface area contributed by atoms with E-state index in [4.69, 9.17) is 16.9 Å². The lowest BCUT2D eigenvalue weighted by Crippen LogP contribution is -2.18. The highest BCUT2D eigenvalue weighted by molar-refractivity contribution is 6.31. The van der Waals surface area contributed by atoms with Crippen LogP contribution in [0.5, 0.6) is 5.75 Å². The van der Waals surface area contributed by atoms with Gasteiger partial charge in [0.2, 0.25) is 0 Å². The molecule has 0 spiro atoms. The Morgan fingerprint density at radius 1 is 1.22 bits per heavy atom. The Hall–Kier alpha value is -2.46. The predicted molar refractivity (Wildman–Crippen MR) is 79.2 cm³/mol. The van der Waals surface area contributed by atoms with Gasteiger partial charge in [0, 0.05) is 13.6 Å². The van der Waals surface area contributed by atoms with Crippen molar-refractivity contribution in [2.24, 2.45) is 0 Å². The van der Waals surface area contributed by atoms with Gasteiger partial charge in [0.05, 0.1) is 5.02 Å². The predicted octanol–water partition coefficient (Wildman–Crippen LogP) is 4.14. The summed E-state index contributed by atoms with van der Waals surface area (Å²) in [5, 5.41) is 9.18. The highest BCUT2D eigenvalue weighted by atomic mass is 35.5. The van der Waals surface area contributed by atoms with Gasteiger partial charge in [-0.25, -0.2) is 4.98 Å². The first kappa shape index (κ1) is 16.9. The van der Waals surface area contributed by atoms with Gasteiger partial charge in [-0.3, -0.25) is 0 Å². The lowest BCUT2D eigenvalue weighted by atomic mass is 10.2. The van der Waals surface area contributed by atoms with Gasteiger partial charge in [-0.05, 0) is 29.8 Å². The Balaban J connectivity index is 2.08. The van der Waals surface area contributed by atoms with E-state index >= 15 is 0 Å². The molecule has 0 fully saturated rings. The Bertz CT molecular complexity index is 726. The molecular weight excluding hydrogens is 331 g/mol. The van der Waals surface area contributed by atoms with Crippen molar-refractivity contribution in [1.82, 2.24) is 4.98 Å². The number of rotatable bonds is 4. The SMILES string of the molecule is CN(Cc1ccc(OC(F)(F)F)cc1)c1ccc(Cl)c(C#N)n1. The van der Waals surface area contributed by atoms with Gasteiger partial charge in [0.1, 0.15) is 17.6 Å².